The topological polar surface area (TPSA) is 40.5 Å². The molecule has 1 unspecified atom stereocenters. The van der Waals surface area contributed by atoms with Crippen molar-refractivity contribution in [3.63, 3.8) is 0 Å². The summed E-state index contributed by atoms with van der Waals surface area (Å²) in [5.41, 5.74) is 0. The van der Waals surface area contributed by atoms with Crippen molar-refractivity contribution in [2.45, 2.75) is 25.9 Å². The van der Waals surface area contributed by atoms with Crippen LogP contribution in [0.5, 0.6) is 0 Å². The smallest absolute Gasteiger partial charge is 0.222 e. The van der Waals surface area contributed by atoms with Crippen LogP contribution in [-0.2, 0) is 11.2 Å². The number of aryl methyl sites for hydroxylation is 1. The maximum absolute atomic E-state index is 11.6. The number of hydrogen-bond acceptors (Lipinski definition) is 3. The minimum absolute atomic E-state index is 0.0873. The molecule has 1 heterocycles. The molecule has 1 aromatic rings. The molecule has 1 N–H and O–H groups in total. The van der Waals surface area contributed by atoms with Gasteiger partial charge in [-0.05, 0) is 24.8 Å². The van der Waals surface area contributed by atoms with Crippen molar-refractivity contribution in [3.05, 3.63) is 22.4 Å². The summed E-state index contributed by atoms with van der Waals surface area (Å²) in [5, 5.41) is 11.1. The summed E-state index contributed by atoms with van der Waals surface area (Å²) in [6, 6.07) is 4.02. The van der Waals surface area contributed by atoms with Crippen LogP contribution < -0.4 is 0 Å². The Labute approximate surface area is 94.3 Å². The van der Waals surface area contributed by atoms with Crippen LogP contribution >= 0.6 is 11.3 Å². The van der Waals surface area contributed by atoms with Crippen molar-refractivity contribution in [1.29, 1.82) is 0 Å². The Hall–Kier alpha value is -0.870. The fraction of sp³-hybridized carbons (Fsp3) is 0.545. The number of amides is 1. The zero-order valence-corrected chi connectivity index (χ0v) is 9.96. The molecule has 1 aromatic heterocycles. The first kappa shape index (κ1) is 12.2. The predicted octanol–water partition coefficient (Wildman–Crippen LogP) is 1.52. The van der Waals surface area contributed by atoms with Gasteiger partial charge >= 0.3 is 0 Å². The first-order valence-electron chi connectivity index (χ1n) is 5.04. The van der Waals surface area contributed by atoms with Crippen LogP contribution in [0.4, 0.5) is 0 Å². The highest BCUT2D eigenvalue weighted by molar-refractivity contribution is 7.09. The zero-order valence-electron chi connectivity index (χ0n) is 9.14. The van der Waals surface area contributed by atoms with E-state index in [2.05, 4.69) is 0 Å². The second-order valence-electron chi connectivity index (χ2n) is 3.70. The SMILES string of the molecule is CC(O)CN(C)C(=O)CCc1cccs1. The Morgan fingerprint density at radius 3 is 2.93 bits per heavy atom. The number of aliphatic hydroxyl groups excluding tert-OH is 1. The number of nitrogens with zero attached hydrogens (tertiary/aromatic N) is 1. The molecule has 1 rings (SSSR count). The molecule has 0 spiro atoms. The van der Waals surface area contributed by atoms with E-state index in [0.29, 0.717) is 13.0 Å². The van der Waals surface area contributed by atoms with Gasteiger partial charge in [0, 0.05) is 24.9 Å². The van der Waals surface area contributed by atoms with E-state index in [-0.39, 0.29) is 5.91 Å². The molecule has 0 radical (unpaired) electrons. The van der Waals surface area contributed by atoms with E-state index >= 15 is 0 Å². The number of rotatable bonds is 5. The van der Waals surface area contributed by atoms with Gasteiger partial charge in [-0.1, -0.05) is 6.07 Å². The third-order valence-corrected chi connectivity index (χ3v) is 3.07. The van der Waals surface area contributed by atoms with E-state index in [9.17, 15) is 4.79 Å². The van der Waals surface area contributed by atoms with Crippen LogP contribution in [0, 0.1) is 0 Å². The largest absolute Gasteiger partial charge is 0.392 e. The molecule has 0 fully saturated rings. The standard InChI is InChI=1S/C11H17NO2S/c1-9(13)8-12(2)11(14)6-5-10-4-3-7-15-10/h3-4,7,9,13H,5-6,8H2,1-2H3. The lowest BCUT2D eigenvalue weighted by Gasteiger charge is -2.18. The number of hydrogen-bond donors (Lipinski definition) is 1. The third-order valence-electron chi connectivity index (χ3n) is 2.13. The van der Waals surface area contributed by atoms with Gasteiger partial charge in [-0.15, -0.1) is 11.3 Å². The lowest BCUT2D eigenvalue weighted by atomic mass is 10.2. The first-order valence-corrected chi connectivity index (χ1v) is 5.92. The fourth-order valence-electron chi connectivity index (χ4n) is 1.37. The quantitative estimate of drug-likeness (QED) is 0.828. The van der Waals surface area contributed by atoms with Gasteiger partial charge in [0.25, 0.3) is 0 Å². The molecule has 0 aliphatic carbocycles. The summed E-state index contributed by atoms with van der Waals surface area (Å²) in [5.74, 6) is 0.0873. The van der Waals surface area contributed by atoms with Crippen LogP contribution in [0.15, 0.2) is 17.5 Å². The summed E-state index contributed by atoms with van der Waals surface area (Å²) < 4.78 is 0. The highest BCUT2D eigenvalue weighted by atomic mass is 32.1. The molecule has 3 nitrogen and oxygen atoms in total. The van der Waals surface area contributed by atoms with Crippen LogP contribution in [0.1, 0.15) is 18.2 Å². The van der Waals surface area contributed by atoms with Crippen molar-refractivity contribution in [1.82, 2.24) is 4.90 Å². The highest BCUT2D eigenvalue weighted by Gasteiger charge is 2.10. The van der Waals surface area contributed by atoms with Crippen molar-refractivity contribution in [3.8, 4) is 0 Å². The predicted molar refractivity (Wildman–Crippen MR) is 62.0 cm³/mol. The van der Waals surface area contributed by atoms with Crippen molar-refractivity contribution >= 4 is 17.2 Å². The van der Waals surface area contributed by atoms with Crippen molar-refractivity contribution < 1.29 is 9.90 Å². The second kappa shape index (κ2) is 5.88. The average molecular weight is 227 g/mol. The lowest BCUT2D eigenvalue weighted by molar-refractivity contribution is -0.130. The molecular formula is C11H17NO2S. The lowest BCUT2D eigenvalue weighted by Crippen LogP contribution is -2.33. The highest BCUT2D eigenvalue weighted by Crippen LogP contribution is 2.11. The van der Waals surface area contributed by atoms with Gasteiger partial charge in [0.15, 0.2) is 0 Å². The molecule has 0 saturated carbocycles. The van der Waals surface area contributed by atoms with Crippen LogP contribution in [-0.4, -0.2) is 35.6 Å². The molecule has 4 heteroatoms. The van der Waals surface area contributed by atoms with E-state index in [4.69, 9.17) is 5.11 Å². The van der Waals surface area contributed by atoms with Gasteiger partial charge in [-0.25, -0.2) is 0 Å². The normalized spacial score (nSPS) is 12.5. The molecule has 1 atom stereocenters. The van der Waals surface area contributed by atoms with Gasteiger partial charge in [0.2, 0.25) is 5.91 Å². The molecule has 0 saturated heterocycles. The Balaban J connectivity index is 2.29. The third kappa shape index (κ3) is 4.44. The summed E-state index contributed by atoms with van der Waals surface area (Å²) in [6.07, 6.45) is 0.852. The van der Waals surface area contributed by atoms with Crippen LogP contribution in [0.3, 0.4) is 0 Å². The van der Waals surface area contributed by atoms with E-state index in [1.54, 1.807) is 30.2 Å². The van der Waals surface area contributed by atoms with E-state index < -0.39 is 6.10 Å². The average Bonchev–Trinajstić information content (AvgIpc) is 2.65. The van der Waals surface area contributed by atoms with Gasteiger partial charge in [-0.2, -0.15) is 0 Å². The summed E-state index contributed by atoms with van der Waals surface area (Å²) >= 11 is 1.67. The Kier molecular flexibility index (Phi) is 4.78. The zero-order chi connectivity index (χ0) is 11.3. The molecule has 84 valence electrons. The van der Waals surface area contributed by atoms with Gasteiger partial charge in [0.05, 0.1) is 6.10 Å². The number of thiophene rings is 1. The maximum Gasteiger partial charge on any atom is 0.222 e. The van der Waals surface area contributed by atoms with Crippen molar-refractivity contribution in [2.75, 3.05) is 13.6 Å². The Morgan fingerprint density at radius 2 is 2.40 bits per heavy atom. The van der Waals surface area contributed by atoms with Gasteiger partial charge < -0.3 is 10.0 Å². The molecule has 0 aliphatic heterocycles. The first-order chi connectivity index (χ1) is 7.09. The minimum atomic E-state index is -0.458. The molecule has 15 heavy (non-hydrogen) atoms. The molecule has 1 amide bonds. The fourth-order valence-corrected chi connectivity index (χ4v) is 2.08. The molecule has 0 bridgehead atoms. The molecule has 0 aliphatic rings. The van der Waals surface area contributed by atoms with Crippen molar-refractivity contribution in [2.24, 2.45) is 0 Å². The number of likely N-dealkylation sites (N-methyl/N-ethyl adjacent to an activating group) is 1. The molecule has 0 aromatic carbocycles. The van der Waals surface area contributed by atoms with Gasteiger partial charge in [0.1, 0.15) is 0 Å². The van der Waals surface area contributed by atoms with E-state index in [1.165, 1.54) is 4.88 Å². The molecular weight excluding hydrogens is 210 g/mol. The number of carbonyl (C=O) groups excluding carboxylic acids is 1. The Morgan fingerprint density at radius 1 is 1.67 bits per heavy atom. The number of aliphatic hydroxyl groups is 1. The van der Waals surface area contributed by atoms with Crippen LogP contribution in [0.25, 0.3) is 0 Å². The number of carbonyl (C=O) groups is 1. The summed E-state index contributed by atoms with van der Waals surface area (Å²) in [4.78, 5) is 14.4. The van der Waals surface area contributed by atoms with E-state index in [0.717, 1.165) is 6.42 Å². The Bertz CT molecular complexity index is 296. The maximum atomic E-state index is 11.6. The summed E-state index contributed by atoms with van der Waals surface area (Å²) in [7, 11) is 1.73. The minimum Gasteiger partial charge on any atom is -0.392 e. The second-order valence-corrected chi connectivity index (χ2v) is 4.73. The van der Waals surface area contributed by atoms with Crippen LogP contribution in [0.2, 0.25) is 0 Å². The monoisotopic (exact) mass is 227 g/mol. The summed E-state index contributed by atoms with van der Waals surface area (Å²) in [6.45, 7) is 2.09. The van der Waals surface area contributed by atoms with E-state index in [1.807, 2.05) is 17.5 Å². The van der Waals surface area contributed by atoms with Gasteiger partial charge in [-0.3, -0.25) is 4.79 Å².